The highest BCUT2D eigenvalue weighted by atomic mass is 19.1. The molecule has 2 heterocycles. The molecule has 112 valence electrons. The monoisotopic (exact) mass is 291 g/mol. The van der Waals surface area contributed by atoms with Crippen LogP contribution in [0.5, 0.6) is 5.75 Å². The van der Waals surface area contributed by atoms with Crippen LogP contribution in [0.4, 0.5) is 4.39 Å². The highest BCUT2D eigenvalue weighted by Gasteiger charge is 2.29. The molecule has 1 aromatic heterocycles. The zero-order valence-corrected chi connectivity index (χ0v) is 12.0. The minimum absolute atomic E-state index is 0.193. The molecule has 0 spiro atoms. The molecule has 0 bridgehead atoms. The maximum absolute atomic E-state index is 13.1. The van der Waals surface area contributed by atoms with E-state index in [1.54, 1.807) is 19.1 Å². The lowest BCUT2D eigenvalue weighted by Crippen LogP contribution is -2.28. The van der Waals surface area contributed by atoms with E-state index in [0.29, 0.717) is 18.2 Å². The summed E-state index contributed by atoms with van der Waals surface area (Å²) < 4.78 is 23.7. The fourth-order valence-electron chi connectivity index (χ4n) is 2.67. The molecule has 1 aliphatic rings. The summed E-state index contributed by atoms with van der Waals surface area (Å²) in [5.41, 5.74) is 0. The summed E-state index contributed by atoms with van der Waals surface area (Å²) >= 11 is 0. The number of likely N-dealkylation sites (tertiary alicyclic amines) is 1. The molecule has 1 atom stereocenters. The van der Waals surface area contributed by atoms with Crippen molar-refractivity contribution >= 4 is 0 Å². The van der Waals surface area contributed by atoms with Crippen LogP contribution >= 0.6 is 0 Å². The Kier molecular flexibility index (Phi) is 4.15. The first kappa shape index (κ1) is 14.0. The topological polar surface area (TPSA) is 51.4 Å². The molecule has 0 N–H and O–H groups in total. The molecule has 0 saturated carbocycles. The van der Waals surface area contributed by atoms with Gasteiger partial charge in [-0.2, -0.15) is 4.98 Å². The summed E-state index contributed by atoms with van der Waals surface area (Å²) in [6.45, 7) is 4.05. The fraction of sp³-hybridized carbons (Fsp3) is 0.467. The Bertz CT molecular complexity index is 602. The third-order valence-electron chi connectivity index (χ3n) is 3.65. The maximum atomic E-state index is 13.1. The van der Waals surface area contributed by atoms with Crippen LogP contribution in [-0.4, -0.2) is 34.7 Å². The van der Waals surface area contributed by atoms with E-state index in [9.17, 15) is 4.39 Å². The number of nitrogens with zero attached hydrogens (tertiary/aromatic N) is 3. The number of halogens is 1. The predicted octanol–water partition coefficient (Wildman–Crippen LogP) is 2.73. The van der Waals surface area contributed by atoms with E-state index in [1.165, 1.54) is 12.1 Å². The molecule has 0 unspecified atom stereocenters. The molecule has 0 radical (unpaired) electrons. The van der Waals surface area contributed by atoms with Crippen molar-refractivity contribution in [3.8, 4) is 5.75 Å². The number of rotatable bonds is 5. The first-order chi connectivity index (χ1) is 10.2. The smallest absolute Gasteiger partial charge is 0.223 e. The molecule has 0 amide bonds. The normalized spacial score (nSPS) is 19.0. The third-order valence-corrected chi connectivity index (χ3v) is 3.65. The van der Waals surface area contributed by atoms with Gasteiger partial charge in [0.15, 0.2) is 5.82 Å². The van der Waals surface area contributed by atoms with Gasteiger partial charge in [0.2, 0.25) is 5.89 Å². The van der Waals surface area contributed by atoms with E-state index in [2.05, 4.69) is 15.0 Å². The molecule has 1 fully saturated rings. The van der Waals surface area contributed by atoms with Crippen LogP contribution in [0.1, 0.15) is 30.6 Å². The summed E-state index contributed by atoms with van der Waals surface area (Å²) in [5, 5.41) is 4.01. The Balaban J connectivity index is 1.55. The van der Waals surface area contributed by atoms with Gasteiger partial charge in [-0.3, -0.25) is 4.90 Å². The molecular formula is C15H18FN3O2. The standard InChI is InChI=1S/C15H18FN3O2/c1-11-17-15(18-21-11)14-6-3-7-19(14)8-9-20-13-5-2-4-12(16)10-13/h2,4-5,10,14H,3,6-9H2,1H3/t14-/m1/s1. The van der Waals surface area contributed by atoms with Crippen LogP contribution in [0.2, 0.25) is 0 Å². The first-order valence-corrected chi connectivity index (χ1v) is 7.15. The quantitative estimate of drug-likeness (QED) is 0.848. The highest BCUT2D eigenvalue weighted by molar-refractivity contribution is 5.22. The SMILES string of the molecule is Cc1nc([C@H]2CCCN2CCOc2cccc(F)c2)no1. The van der Waals surface area contributed by atoms with Crippen LogP contribution in [0.15, 0.2) is 28.8 Å². The first-order valence-electron chi connectivity index (χ1n) is 7.15. The van der Waals surface area contributed by atoms with Crippen molar-refractivity contribution in [1.29, 1.82) is 0 Å². The van der Waals surface area contributed by atoms with Gasteiger partial charge in [0.25, 0.3) is 0 Å². The molecule has 1 aliphatic heterocycles. The molecule has 2 aromatic rings. The van der Waals surface area contributed by atoms with Crippen LogP contribution in [0, 0.1) is 12.7 Å². The lowest BCUT2D eigenvalue weighted by atomic mass is 10.2. The van der Waals surface area contributed by atoms with Gasteiger partial charge in [-0.05, 0) is 31.5 Å². The van der Waals surface area contributed by atoms with Gasteiger partial charge in [-0.15, -0.1) is 0 Å². The summed E-state index contributed by atoms with van der Waals surface area (Å²) in [6.07, 6.45) is 2.14. The fourth-order valence-corrected chi connectivity index (χ4v) is 2.67. The third kappa shape index (κ3) is 3.39. The Morgan fingerprint density at radius 2 is 2.38 bits per heavy atom. The predicted molar refractivity (Wildman–Crippen MR) is 74.5 cm³/mol. The molecule has 21 heavy (non-hydrogen) atoms. The molecule has 1 saturated heterocycles. The minimum atomic E-state index is -0.283. The van der Waals surface area contributed by atoms with E-state index < -0.39 is 0 Å². The lowest BCUT2D eigenvalue weighted by Gasteiger charge is -2.21. The molecular weight excluding hydrogens is 273 g/mol. The van der Waals surface area contributed by atoms with Gasteiger partial charge >= 0.3 is 0 Å². The summed E-state index contributed by atoms with van der Waals surface area (Å²) in [7, 11) is 0. The van der Waals surface area contributed by atoms with Crippen molar-refractivity contribution in [1.82, 2.24) is 15.0 Å². The van der Waals surface area contributed by atoms with E-state index in [-0.39, 0.29) is 11.9 Å². The van der Waals surface area contributed by atoms with E-state index in [1.807, 2.05) is 0 Å². The molecule has 1 aromatic carbocycles. The van der Waals surface area contributed by atoms with Gasteiger partial charge in [0, 0.05) is 19.5 Å². The zero-order chi connectivity index (χ0) is 14.7. The Morgan fingerprint density at radius 3 is 3.14 bits per heavy atom. The number of hydrogen-bond donors (Lipinski definition) is 0. The van der Waals surface area contributed by atoms with Crippen LogP contribution < -0.4 is 4.74 Å². The van der Waals surface area contributed by atoms with Crippen molar-refractivity contribution in [2.75, 3.05) is 19.7 Å². The maximum Gasteiger partial charge on any atom is 0.223 e. The van der Waals surface area contributed by atoms with E-state index >= 15 is 0 Å². The largest absolute Gasteiger partial charge is 0.492 e. The van der Waals surface area contributed by atoms with Crippen molar-refractivity contribution in [2.24, 2.45) is 0 Å². The second-order valence-electron chi connectivity index (χ2n) is 5.17. The van der Waals surface area contributed by atoms with Gasteiger partial charge < -0.3 is 9.26 Å². The lowest BCUT2D eigenvalue weighted by molar-refractivity contribution is 0.190. The number of hydrogen-bond acceptors (Lipinski definition) is 5. The average molecular weight is 291 g/mol. The molecule has 6 heteroatoms. The number of ether oxygens (including phenoxy) is 1. The van der Waals surface area contributed by atoms with E-state index in [4.69, 9.17) is 9.26 Å². The zero-order valence-electron chi connectivity index (χ0n) is 12.0. The molecule has 3 rings (SSSR count). The minimum Gasteiger partial charge on any atom is -0.492 e. The van der Waals surface area contributed by atoms with E-state index in [0.717, 1.165) is 31.8 Å². The summed E-state index contributed by atoms with van der Waals surface area (Å²) in [4.78, 5) is 6.59. The summed E-state index contributed by atoms with van der Waals surface area (Å²) in [6, 6.07) is 6.39. The van der Waals surface area contributed by atoms with Crippen LogP contribution in [0.3, 0.4) is 0 Å². The van der Waals surface area contributed by atoms with Crippen LogP contribution in [0.25, 0.3) is 0 Å². The van der Waals surface area contributed by atoms with Crippen molar-refractivity contribution < 1.29 is 13.7 Å². The number of benzene rings is 1. The van der Waals surface area contributed by atoms with Crippen molar-refractivity contribution in [3.63, 3.8) is 0 Å². The molecule has 5 nitrogen and oxygen atoms in total. The average Bonchev–Trinajstić information content (AvgIpc) is 3.07. The van der Waals surface area contributed by atoms with Crippen LogP contribution in [-0.2, 0) is 0 Å². The van der Waals surface area contributed by atoms with Crippen molar-refractivity contribution in [2.45, 2.75) is 25.8 Å². The number of aromatic nitrogens is 2. The van der Waals surface area contributed by atoms with Gasteiger partial charge in [0.1, 0.15) is 18.2 Å². The molecule has 0 aliphatic carbocycles. The van der Waals surface area contributed by atoms with Gasteiger partial charge in [-0.1, -0.05) is 11.2 Å². The Labute approximate surface area is 122 Å². The van der Waals surface area contributed by atoms with Gasteiger partial charge in [0.05, 0.1) is 6.04 Å². The Morgan fingerprint density at radius 1 is 1.48 bits per heavy atom. The summed E-state index contributed by atoms with van der Waals surface area (Å²) in [5.74, 6) is 1.61. The number of aryl methyl sites for hydroxylation is 1. The second kappa shape index (κ2) is 6.22. The Hall–Kier alpha value is -1.95. The van der Waals surface area contributed by atoms with Crippen molar-refractivity contribution in [3.05, 3.63) is 41.8 Å². The van der Waals surface area contributed by atoms with Gasteiger partial charge in [-0.25, -0.2) is 4.39 Å². The second-order valence-corrected chi connectivity index (χ2v) is 5.17. The highest BCUT2D eigenvalue weighted by Crippen LogP contribution is 2.29.